The molecule has 0 saturated heterocycles. The van der Waals surface area contributed by atoms with Gasteiger partial charge in [-0.2, -0.15) is 0 Å². The third kappa shape index (κ3) is 10.8. The number of aliphatic hydroxyl groups excluding tert-OH is 2. The van der Waals surface area contributed by atoms with Gasteiger partial charge in [0.15, 0.2) is 0 Å². The molecule has 0 aliphatic heterocycles. The molecule has 2 atom stereocenters. The Hall–Kier alpha value is -5.48. The summed E-state index contributed by atoms with van der Waals surface area (Å²) in [5, 5.41) is 38.9. The van der Waals surface area contributed by atoms with Gasteiger partial charge in [-0.05, 0) is 89.7 Å². The summed E-state index contributed by atoms with van der Waals surface area (Å²) < 4.78 is 5.82. The van der Waals surface area contributed by atoms with Crippen molar-refractivity contribution >= 4 is 11.8 Å². The van der Waals surface area contributed by atoms with Crippen molar-refractivity contribution < 1.29 is 29.6 Å². The van der Waals surface area contributed by atoms with Gasteiger partial charge in [-0.15, -0.1) is 0 Å². The minimum absolute atomic E-state index is 0.000701. The van der Waals surface area contributed by atoms with E-state index in [4.69, 9.17) is 4.74 Å². The van der Waals surface area contributed by atoms with Crippen LogP contribution in [-0.4, -0.2) is 39.7 Å². The van der Waals surface area contributed by atoms with Crippen molar-refractivity contribution in [2.45, 2.75) is 51.6 Å². The van der Waals surface area contributed by atoms with Gasteiger partial charge in [0.2, 0.25) is 5.91 Å². The van der Waals surface area contributed by atoms with Crippen LogP contribution in [0, 0.1) is 0 Å². The summed E-state index contributed by atoms with van der Waals surface area (Å²) in [6, 6.07) is 37.0. The highest BCUT2D eigenvalue weighted by Gasteiger charge is 2.13. The van der Waals surface area contributed by atoms with Gasteiger partial charge >= 0.3 is 0 Å². The Morgan fingerprint density at radius 3 is 2.10 bits per heavy atom. The van der Waals surface area contributed by atoms with E-state index in [1.165, 1.54) is 6.07 Å². The first-order chi connectivity index (χ1) is 24.2. The number of rotatable bonds is 16. The SMILES string of the molecule is C[C@H](Cc1cccc(CC(=O)NCc2ccc(C(=O)NCc3ccc(Oc4ccccc4)cc3)cc2)c1)NC[C@@H](O)c1ccc(O)c(CO)c1. The van der Waals surface area contributed by atoms with Crippen molar-refractivity contribution in [3.63, 3.8) is 0 Å². The van der Waals surface area contributed by atoms with Crippen molar-refractivity contribution in [2.75, 3.05) is 6.54 Å². The topological polar surface area (TPSA) is 140 Å². The fourth-order valence-corrected chi connectivity index (χ4v) is 5.47. The van der Waals surface area contributed by atoms with Crippen LogP contribution >= 0.6 is 0 Å². The first-order valence-corrected chi connectivity index (χ1v) is 16.6. The number of carbonyl (C=O) groups is 2. The monoisotopic (exact) mass is 673 g/mol. The molecule has 9 heteroatoms. The fourth-order valence-electron chi connectivity index (χ4n) is 5.47. The maximum absolute atomic E-state index is 12.8. The van der Waals surface area contributed by atoms with Crippen molar-refractivity contribution in [3.8, 4) is 17.2 Å². The Morgan fingerprint density at radius 1 is 0.720 bits per heavy atom. The van der Waals surface area contributed by atoms with Gasteiger partial charge in [0.05, 0.1) is 19.1 Å². The minimum atomic E-state index is -0.789. The standard InChI is InChI=1S/C41H43N3O6/c1-28(42-26-39(47)34-16-19-38(46)35(23-34)27-45)20-31-6-5-7-32(21-31)22-40(48)43-24-29-10-14-33(15-11-29)41(49)44-25-30-12-17-37(18-13-30)50-36-8-3-2-4-9-36/h2-19,21,23,28,39,42,45-47H,20,22,24-27H2,1H3,(H,43,48)(H,44,49)/t28-,39-/m1/s1. The predicted octanol–water partition coefficient (Wildman–Crippen LogP) is 5.72. The van der Waals surface area contributed by atoms with Crippen LogP contribution in [0.1, 0.15) is 56.8 Å². The second kappa shape index (κ2) is 17.8. The highest BCUT2D eigenvalue weighted by Crippen LogP contribution is 2.23. The molecule has 0 bridgehead atoms. The van der Waals surface area contributed by atoms with E-state index in [1.54, 1.807) is 24.3 Å². The Kier molecular flexibility index (Phi) is 12.7. The number of hydrogen-bond donors (Lipinski definition) is 6. The van der Waals surface area contributed by atoms with E-state index in [9.17, 15) is 24.9 Å². The Bertz CT molecular complexity index is 1850. The highest BCUT2D eigenvalue weighted by atomic mass is 16.5. The normalized spacial score (nSPS) is 12.1. The number of hydrogen-bond acceptors (Lipinski definition) is 7. The summed E-state index contributed by atoms with van der Waals surface area (Å²) in [5.41, 5.74) is 5.34. The predicted molar refractivity (Wildman–Crippen MR) is 193 cm³/mol. The van der Waals surface area contributed by atoms with Gasteiger partial charge in [0, 0.05) is 36.8 Å². The summed E-state index contributed by atoms with van der Waals surface area (Å²) >= 11 is 0. The Balaban J connectivity index is 1.02. The summed E-state index contributed by atoms with van der Waals surface area (Å²) in [6.07, 6.45) is 0.153. The Morgan fingerprint density at radius 2 is 1.38 bits per heavy atom. The maximum atomic E-state index is 12.8. The zero-order chi connectivity index (χ0) is 35.3. The molecule has 258 valence electrons. The Labute approximate surface area is 292 Å². The fraction of sp³-hybridized carbons (Fsp3) is 0.220. The third-order valence-corrected chi connectivity index (χ3v) is 8.28. The van der Waals surface area contributed by atoms with Crippen molar-refractivity contribution in [1.29, 1.82) is 0 Å². The van der Waals surface area contributed by atoms with Crippen molar-refractivity contribution in [1.82, 2.24) is 16.0 Å². The van der Waals surface area contributed by atoms with Crippen molar-refractivity contribution in [2.24, 2.45) is 0 Å². The molecular weight excluding hydrogens is 630 g/mol. The second-order valence-electron chi connectivity index (χ2n) is 12.3. The van der Waals surface area contributed by atoms with Gasteiger partial charge in [-0.25, -0.2) is 0 Å². The number of benzene rings is 5. The number of ether oxygens (including phenoxy) is 1. The van der Waals surface area contributed by atoms with E-state index in [0.717, 1.165) is 33.8 Å². The van der Waals surface area contributed by atoms with Gasteiger partial charge in [0.25, 0.3) is 5.91 Å². The van der Waals surface area contributed by atoms with Crippen LogP contribution in [0.5, 0.6) is 17.2 Å². The lowest BCUT2D eigenvalue weighted by Crippen LogP contribution is -2.32. The molecule has 0 aliphatic rings. The molecule has 0 saturated carbocycles. The molecule has 9 nitrogen and oxygen atoms in total. The zero-order valence-electron chi connectivity index (χ0n) is 28.0. The molecule has 2 amide bonds. The van der Waals surface area contributed by atoms with Crippen LogP contribution in [0.25, 0.3) is 0 Å². The first-order valence-electron chi connectivity index (χ1n) is 16.6. The zero-order valence-corrected chi connectivity index (χ0v) is 28.0. The molecule has 0 fully saturated rings. The molecular formula is C41H43N3O6. The number of para-hydroxylation sites is 1. The molecule has 0 aromatic heterocycles. The summed E-state index contributed by atoms with van der Waals surface area (Å²) in [6.45, 7) is 2.77. The molecule has 0 aliphatic carbocycles. The van der Waals surface area contributed by atoms with E-state index >= 15 is 0 Å². The smallest absolute Gasteiger partial charge is 0.251 e. The molecule has 0 spiro atoms. The van der Waals surface area contributed by atoms with Gasteiger partial charge in [-0.1, -0.05) is 72.8 Å². The lowest BCUT2D eigenvalue weighted by atomic mass is 10.0. The quantitative estimate of drug-likeness (QED) is 0.0788. The molecule has 0 unspecified atom stereocenters. The van der Waals surface area contributed by atoms with Crippen LogP contribution in [0.2, 0.25) is 0 Å². The first kappa shape index (κ1) is 35.8. The van der Waals surface area contributed by atoms with E-state index in [0.29, 0.717) is 42.7 Å². The molecule has 5 aromatic carbocycles. The molecule has 0 radical (unpaired) electrons. The molecule has 5 rings (SSSR count). The van der Waals surface area contributed by atoms with E-state index in [1.807, 2.05) is 97.9 Å². The summed E-state index contributed by atoms with van der Waals surface area (Å²) in [7, 11) is 0. The summed E-state index contributed by atoms with van der Waals surface area (Å²) in [5.74, 6) is 1.20. The van der Waals surface area contributed by atoms with Crippen LogP contribution in [0.15, 0.2) is 121 Å². The number of carbonyl (C=O) groups excluding carboxylic acids is 2. The summed E-state index contributed by atoms with van der Waals surface area (Å²) in [4.78, 5) is 25.5. The van der Waals surface area contributed by atoms with Crippen LogP contribution in [0.4, 0.5) is 0 Å². The van der Waals surface area contributed by atoms with Crippen LogP contribution in [-0.2, 0) is 37.3 Å². The van der Waals surface area contributed by atoms with Gasteiger partial charge in [0.1, 0.15) is 17.2 Å². The van der Waals surface area contributed by atoms with Gasteiger partial charge < -0.3 is 36.0 Å². The van der Waals surface area contributed by atoms with E-state index in [2.05, 4.69) is 16.0 Å². The molecule has 50 heavy (non-hydrogen) atoms. The third-order valence-electron chi connectivity index (χ3n) is 8.28. The van der Waals surface area contributed by atoms with Gasteiger partial charge in [-0.3, -0.25) is 9.59 Å². The van der Waals surface area contributed by atoms with Crippen molar-refractivity contribution in [3.05, 3.63) is 160 Å². The van der Waals surface area contributed by atoms with Crippen LogP contribution in [0.3, 0.4) is 0 Å². The van der Waals surface area contributed by atoms with Crippen LogP contribution < -0.4 is 20.7 Å². The highest BCUT2D eigenvalue weighted by molar-refractivity contribution is 5.94. The lowest BCUT2D eigenvalue weighted by Gasteiger charge is -2.18. The number of aromatic hydroxyl groups is 1. The number of amides is 2. The largest absolute Gasteiger partial charge is 0.508 e. The average Bonchev–Trinajstić information content (AvgIpc) is 3.13. The number of phenols is 1. The second-order valence-corrected chi connectivity index (χ2v) is 12.3. The average molecular weight is 674 g/mol. The lowest BCUT2D eigenvalue weighted by molar-refractivity contribution is -0.120. The number of aliphatic hydroxyl groups is 2. The van der Waals surface area contributed by atoms with E-state index < -0.39 is 6.10 Å². The van der Waals surface area contributed by atoms with E-state index in [-0.39, 0.29) is 36.6 Å². The molecule has 0 heterocycles. The minimum Gasteiger partial charge on any atom is -0.508 e. The number of nitrogens with one attached hydrogen (secondary N) is 3. The maximum Gasteiger partial charge on any atom is 0.251 e. The molecule has 5 aromatic rings. The molecule has 6 N–H and O–H groups in total.